The molecule has 1 aromatic rings. The molecule has 0 saturated carbocycles. The van der Waals surface area contributed by atoms with Crippen molar-refractivity contribution >= 4 is 28.3 Å². The maximum atomic E-state index is 11.4. The van der Waals surface area contributed by atoms with Gasteiger partial charge in [0.1, 0.15) is 5.75 Å². The Morgan fingerprint density at radius 1 is 1.61 bits per heavy atom. The summed E-state index contributed by atoms with van der Waals surface area (Å²) in [6, 6.07) is 4.00. The highest BCUT2D eigenvalue weighted by atomic mass is 79.9. The minimum atomic E-state index is -1.10. The van der Waals surface area contributed by atoms with E-state index < -0.39 is 12.0 Å². The fourth-order valence-corrected chi connectivity index (χ4v) is 2.07. The Morgan fingerprint density at radius 3 is 2.72 bits per heavy atom. The molecule has 0 heterocycles. The van der Waals surface area contributed by atoms with E-state index in [4.69, 9.17) is 4.74 Å². The first kappa shape index (κ1) is 14.5. The van der Waals surface area contributed by atoms with Gasteiger partial charge in [0, 0.05) is 16.6 Å². The molecule has 0 saturated heterocycles. The third kappa shape index (κ3) is 3.01. The summed E-state index contributed by atoms with van der Waals surface area (Å²) < 4.78 is 5.87. The van der Waals surface area contributed by atoms with Crippen LogP contribution in [0.3, 0.4) is 0 Å². The van der Waals surface area contributed by atoms with Crippen LogP contribution in [-0.4, -0.2) is 36.0 Å². The molecule has 1 atom stereocenters. The van der Waals surface area contributed by atoms with Crippen molar-refractivity contribution < 1.29 is 19.4 Å². The third-order valence-corrected chi connectivity index (χ3v) is 3.05. The Bertz CT molecular complexity index is 450. The van der Waals surface area contributed by atoms with Gasteiger partial charge in [0.25, 0.3) is 0 Å². The maximum absolute atomic E-state index is 11.4. The fraction of sp³-hybridized carbons (Fsp3) is 0.333. The third-order valence-electron chi connectivity index (χ3n) is 2.55. The molecule has 1 amide bonds. The molecular formula is C12H14BrNO4. The van der Waals surface area contributed by atoms with Crippen LogP contribution in [-0.2, 0) is 9.59 Å². The number of benzene rings is 1. The molecule has 98 valence electrons. The number of hydrogen-bond acceptors (Lipinski definition) is 3. The van der Waals surface area contributed by atoms with Crippen molar-refractivity contribution in [3.05, 3.63) is 28.2 Å². The van der Waals surface area contributed by atoms with Crippen LogP contribution in [0, 0.1) is 0 Å². The monoisotopic (exact) mass is 315 g/mol. The Hall–Kier alpha value is -1.56. The van der Waals surface area contributed by atoms with Crippen LogP contribution >= 0.6 is 15.9 Å². The second-order valence-corrected chi connectivity index (χ2v) is 4.48. The molecule has 0 fully saturated rings. The lowest BCUT2D eigenvalue weighted by Crippen LogP contribution is -2.33. The highest BCUT2D eigenvalue weighted by Crippen LogP contribution is 2.31. The average Bonchev–Trinajstić information content (AvgIpc) is 2.35. The summed E-state index contributed by atoms with van der Waals surface area (Å²) >= 11 is 3.28. The van der Waals surface area contributed by atoms with Crippen molar-refractivity contribution in [2.45, 2.75) is 13.0 Å². The second kappa shape index (κ2) is 6.39. The summed E-state index contributed by atoms with van der Waals surface area (Å²) in [5.74, 6) is -0.661. The number of ether oxygens (including phenoxy) is 1. The number of amides is 1. The number of halogens is 1. The lowest BCUT2D eigenvalue weighted by Gasteiger charge is -2.25. The van der Waals surface area contributed by atoms with E-state index in [9.17, 15) is 14.7 Å². The second-order valence-electron chi connectivity index (χ2n) is 3.56. The molecule has 0 aromatic heterocycles. The van der Waals surface area contributed by atoms with Crippen molar-refractivity contribution in [2.75, 3.05) is 13.7 Å². The summed E-state index contributed by atoms with van der Waals surface area (Å²) in [7, 11) is 1.46. The van der Waals surface area contributed by atoms with Crippen molar-refractivity contribution in [3.63, 3.8) is 0 Å². The highest BCUT2D eigenvalue weighted by molar-refractivity contribution is 9.10. The zero-order chi connectivity index (χ0) is 13.7. The van der Waals surface area contributed by atoms with E-state index in [0.717, 1.165) is 4.47 Å². The van der Waals surface area contributed by atoms with E-state index in [1.165, 1.54) is 12.0 Å². The summed E-state index contributed by atoms with van der Waals surface area (Å²) in [5.41, 5.74) is 0.438. The van der Waals surface area contributed by atoms with E-state index in [0.29, 0.717) is 24.3 Å². The van der Waals surface area contributed by atoms with Gasteiger partial charge in [0.2, 0.25) is 6.41 Å². The van der Waals surface area contributed by atoms with Gasteiger partial charge in [-0.2, -0.15) is 0 Å². The van der Waals surface area contributed by atoms with Gasteiger partial charge in [-0.05, 0) is 25.1 Å². The van der Waals surface area contributed by atoms with Crippen molar-refractivity contribution in [2.24, 2.45) is 0 Å². The number of carboxylic acids is 1. The number of carbonyl (C=O) groups excluding carboxylic acids is 1. The van der Waals surface area contributed by atoms with E-state index in [1.54, 1.807) is 25.1 Å². The summed E-state index contributed by atoms with van der Waals surface area (Å²) in [4.78, 5) is 23.5. The first-order chi connectivity index (χ1) is 8.54. The number of carboxylic acid groups (broad SMARTS) is 1. The van der Waals surface area contributed by atoms with Crippen molar-refractivity contribution in [3.8, 4) is 5.75 Å². The van der Waals surface area contributed by atoms with Gasteiger partial charge in [0.05, 0.1) is 7.11 Å². The zero-order valence-corrected chi connectivity index (χ0v) is 11.7. The zero-order valence-electron chi connectivity index (χ0n) is 10.1. The van der Waals surface area contributed by atoms with Crippen LogP contribution in [0.2, 0.25) is 0 Å². The molecule has 1 aromatic carbocycles. The maximum Gasteiger partial charge on any atom is 0.331 e. The minimum absolute atomic E-state index is 0.302. The van der Waals surface area contributed by atoms with Gasteiger partial charge in [-0.3, -0.25) is 4.79 Å². The van der Waals surface area contributed by atoms with Gasteiger partial charge < -0.3 is 14.7 Å². The van der Waals surface area contributed by atoms with Crippen LogP contribution in [0.25, 0.3) is 0 Å². The van der Waals surface area contributed by atoms with Crippen LogP contribution in [0.5, 0.6) is 5.75 Å². The van der Waals surface area contributed by atoms with Crippen LogP contribution in [0.4, 0.5) is 0 Å². The van der Waals surface area contributed by atoms with Crippen molar-refractivity contribution in [1.29, 1.82) is 0 Å². The van der Waals surface area contributed by atoms with Crippen LogP contribution in [0.1, 0.15) is 18.5 Å². The first-order valence-electron chi connectivity index (χ1n) is 5.32. The summed E-state index contributed by atoms with van der Waals surface area (Å²) in [6.07, 6.45) is 0.527. The molecule has 1 N–H and O–H groups in total. The molecule has 0 radical (unpaired) electrons. The molecule has 6 heteroatoms. The standard InChI is InChI=1S/C12H14BrNO4/c1-3-14(7-15)11(12(16)17)9-6-8(13)4-5-10(9)18-2/h4-7,11H,3H2,1-2H3,(H,16,17). The minimum Gasteiger partial charge on any atom is -0.496 e. The van der Waals surface area contributed by atoms with Gasteiger partial charge in [-0.1, -0.05) is 15.9 Å². The SMILES string of the molecule is CCN(C=O)C(C(=O)O)c1cc(Br)ccc1OC. The molecule has 18 heavy (non-hydrogen) atoms. The molecule has 1 rings (SSSR count). The molecule has 0 aliphatic heterocycles. The topological polar surface area (TPSA) is 66.8 Å². The fourth-order valence-electron chi connectivity index (χ4n) is 1.69. The Labute approximate surface area is 113 Å². The highest BCUT2D eigenvalue weighted by Gasteiger charge is 2.28. The van der Waals surface area contributed by atoms with Gasteiger partial charge in [-0.15, -0.1) is 0 Å². The number of likely N-dealkylation sites (N-methyl/N-ethyl adjacent to an activating group) is 1. The number of nitrogens with zero attached hydrogens (tertiary/aromatic N) is 1. The Balaban J connectivity index is 3.32. The average molecular weight is 316 g/mol. The summed E-state index contributed by atoms with van der Waals surface area (Å²) in [5, 5.41) is 9.30. The number of hydrogen-bond donors (Lipinski definition) is 1. The van der Waals surface area contributed by atoms with Crippen molar-refractivity contribution in [1.82, 2.24) is 4.90 Å². The number of carbonyl (C=O) groups is 2. The number of methoxy groups -OCH3 is 1. The number of rotatable bonds is 6. The normalized spacial score (nSPS) is 11.7. The van der Waals surface area contributed by atoms with Gasteiger partial charge in [0.15, 0.2) is 6.04 Å². The van der Waals surface area contributed by atoms with Gasteiger partial charge in [-0.25, -0.2) is 4.79 Å². The quantitative estimate of drug-likeness (QED) is 0.816. The van der Waals surface area contributed by atoms with E-state index >= 15 is 0 Å². The Kier molecular flexibility index (Phi) is 5.15. The molecule has 0 spiro atoms. The van der Waals surface area contributed by atoms with E-state index in [-0.39, 0.29) is 0 Å². The molecular weight excluding hydrogens is 302 g/mol. The van der Waals surface area contributed by atoms with Gasteiger partial charge >= 0.3 is 5.97 Å². The molecule has 1 unspecified atom stereocenters. The molecule has 0 bridgehead atoms. The van der Waals surface area contributed by atoms with Crippen LogP contribution in [0.15, 0.2) is 22.7 Å². The smallest absolute Gasteiger partial charge is 0.331 e. The van der Waals surface area contributed by atoms with Crippen LogP contribution < -0.4 is 4.74 Å². The summed E-state index contributed by atoms with van der Waals surface area (Å²) in [6.45, 7) is 2.02. The predicted octanol–water partition coefficient (Wildman–Crippen LogP) is 2.06. The molecule has 0 aliphatic carbocycles. The van der Waals surface area contributed by atoms with E-state index in [2.05, 4.69) is 15.9 Å². The largest absolute Gasteiger partial charge is 0.496 e. The first-order valence-corrected chi connectivity index (χ1v) is 6.11. The molecule has 0 aliphatic rings. The predicted molar refractivity (Wildman–Crippen MR) is 69.5 cm³/mol. The number of aliphatic carboxylic acids is 1. The lowest BCUT2D eigenvalue weighted by atomic mass is 10.0. The Morgan fingerprint density at radius 2 is 2.28 bits per heavy atom. The van der Waals surface area contributed by atoms with E-state index in [1.807, 2.05) is 0 Å². The molecule has 5 nitrogen and oxygen atoms in total. The lowest BCUT2D eigenvalue weighted by molar-refractivity contribution is -0.146.